The number of amides is 1. The first-order valence-electron chi connectivity index (χ1n) is 8.23. The lowest BCUT2D eigenvalue weighted by Crippen LogP contribution is -2.27. The van der Waals surface area contributed by atoms with Crippen LogP contribution in [0.5, 0.6) is 5.75 Å². The molecule has 0 unspecified atom stereocenters. The molecule has 0 aliphatic heterocycles. The average molecular weight is 369 g/mol. The van der Waals surface area contributed by atoms with Gasteiger partial charge in [0.15, 0.2) is 6.61 Å². The monoisotopic (exact) mass is 369 g/mol. The lowest BCUT2D eigenvalue weighted by atomic mass is 10.2. The van der Waals surface area contributed by atoms with E-state index in [0.717, 1.165) is 17.0 Å². The Morgan fingerprint density at radius 1 is 1.19 bits per heavy atom. The summed E-state index contributed by atoms with van der Waals surface area (Å²) in [6.07, 6.45) is 0. The number of nitrogens with zero attached hydrogens (tertiary/aromatic N) is 5. The highest BCUT2D eigenvalue weighted by atomic mass is 16.5. The minimum atomic E-state index is -1.04. The number of aliphatic carboxylic acids is 1. The van der Waals surface area contributed by atoms with E-state index >= 15 is 0 Å². The smallest absolute Gasteiger partial charge is 0.341 e. The van der Waals surface area contributed by atoms with Crippen LogP contribution in [-0.2, 0) is 11.3 Å². The van der Waals surface area contributed by atoms with Gasteiger partial charge >= 0.3 is 5.97 Å². The lowest BCUT2D eigenvalue weighted by Gasteiger charge is -2.15. The Kier molecular flexibility index (Phi) is 5.02. The highest BCUT2D eigenvalue weighted by molar-refractivity contribution is 5.90. The van der Waals surface area contributed by atoms with Crippen molar-refractivity contribution in [1.29, 1.82) is 0 Å². The van der Waals surface area contributed by atoms with Crippen LogP contribution in [-0.4, -0.2) is 55.1 Å². The van der Waals surface area contributed by atoms with Crippen LogP contribution < -0.4 is 4.74 Å². The summed E-state index contributed by atoms with van der Waals surface area (Å²) in [5.41, 5.74) is 2.52. The Labute approximate surface area is 155 Å². The number of hydrogen-bond acceptors (Lipinski definition) is 6. The Bertz CT molecular complexity index is 997. The number of hydrogen-bond donors (Lipinski definition) is 1. The van der Waals surface area contributed by atoms with Crippen molar-refractivity contribution in [2.75, 3.05) is 13.7 Å². The van der Waals surface area contributed by atoms with E-state index in [1.54, 1.807) is 35.8 Å². The van der Waals surface area contributed by atoms with Crippen LogP contribution in [0.1, 0.15) is 27.6 Å². The summed E-state index contributed by atoms with van der Waals surface area (Å²) in [5.74, 6) is -0.425. The van der Waals surface area contributed by atoms with Crippen LogP contribution in [0.3, 0.4) is 0 Å². The van der Waals surface area contributed by atoms with Crippen LogP contribution in [0.25, 0.3) is 5.78 Å². The molecule has 1 N–H and O–H groups in total. The zero-order chi connectivity index (χ0) is 19.6. The van der Waals surface area contributed by atoms with Crippen molar-refractivity contribution in [1.82, 2.24) is 24.5 Å². The highest BCUT2D eigenvalue weighted by Gasteiger charge is 2.19. The van der Waals surface area contributed by atoms with Crippen molar-refractivity contribution in [2.45, 2.75) is 20.4 Å². The van der Waals surface area contributed by atoms with Gasteiger partial charge in [0.1, 0.15) is 5.75 Å². The summed E-state index contributed by atoms with van der Waals surface area (Å²) in [5, 5.41) is 12.9. The molecule has 1 aromatic carbocycles. The third-order valence-corrected chi connectivity index (χ3v) is 3.86. The number of carboxylic acids is 1. The Morgan fingerprint density at radius 2 is 1.89 bits per heavy atom. The molecule has 9 heteroatoms. The highest BCUT2D eigenvalue weighted by Crippen LogP contribution is 2.14. The minimum Gasteiger partial charge on any atom is -0.482 e. The maximum atomic E-state index is 12.6. The molecule has 3 aromatic rings. The Morgan fingerprint density at radius 3 is 2.56 bits per heavy atom. The fraction of sp³-hybridized carbons (Fsp3) is 0.278. The van der Waals surface area contributed by atoms with Gasteiger partial charge in [-0.3, -0.25) is 4.79 Å². The van der Waals surface area contributed by atoms with Crippen molar-refractivity contribution in [3.05, 3.63) is 53.1 Å². The number of aromatic nitrogens is 4. The molecule has 0 atom stereocenters. The minimum absolute atomic E-state index is 0.0834. The van der Waals surface area contributed by atoms with Crippen molar-refractivity contribution in [3.8, 4) is 5.75 Å². The van der Waals surface area contributed by atoms with Gasteiger partial charge in [0.05, 0.1) is 0 Å². The number of aryl methyl sites for hydroxylation is 2. The van der Waals surface area contributed by atoms with Gasteiger partial charge in [-0.1, -0.05) is 12.1 Å². The molecule has 0 saturated carbocycles. The van der Waals surface area contributed by atoms with Crippen molar-refractivity contribution in [2.24, 2.45) is 0 Å². The second-order valence-electron chi connectivity index (χ2n) is 6.17. The van der Waals surface area contributed by atoms with E-state index < -0.39 is 12.6 Å². The average Bonchev–Trinajstić information content (AvgIpc) is 3.04. The number of carboxylic acid groups (broad SMARTS) is 1. The molecule has 3 rings (SSSR count). The van der Waals surface area contributed by atoms with Crippen LogP contribution in [0.2, 0.25) is 0 Å². The van der Waals surface area contributed by atoms with Crippen molar-refractivity contribution >= 4 is 17.7 Å². The molecule has 0 fully saturated rings. The molecule has 2 heterocycles. The third kappa shape index (κ3) is 4.20. The van der Waals surface area contributed by atoms with Gasteiger partial charge < -0.3 is 14.7 Å². The Balaban J connectivity index is 1.70. The molecule has 2 aromatic heterocycles. The number of carbonyl (C=O) groups is 2. The van der Waals surface area contributed by atoms with E-state index in [4.69, 9.17) is 9.84 Å². The number of fused-ring (bicyclic) bond motifs is 1. The van der Waals surface area contributed by atoms with Gasteiger partial charge in [0, 0.05) is 25.0 Å². The van der Waals surface area contributed by atoms with Crippen LogP contribution >= 0.6 is 0 Å². The summed E-state index contributed by atoms with van der Waals surface area (Å²) < 4.78 is 6.63. The topological polar surface area (TPSA) is 110 Å². The SMILES string of the molecule is Cc1cc(C)n2nc(C(=O)N(C)Cc3ccc(OCC(=O)O)cc3)nc2n1. The van der Waals surface area contributed by atoms with E-state index in [1.165, 1.54) is 4.90 Å². The zero-order valence-electron chi connectivity index (χ0n) is 15.2. The number of rotatable bonds is 6. The first kappa shape index (κ1) is 18.3. The van der Waals surface area contributed by atoms with Gasteiger partial charge in [-0.15, -0.1) is 5.10 Å². The normalized spacial score (nSPS) is 10.8. The van der Waals surface area contributed by atoms with E-state index in [0.29, 0.717) is 18.1 Å². The summed E-state index contributed by atoms with van der Waals surface area (Å²) in [4.78, 5) is 33.2. The van der Waals surface area contributed by atoms with E-state index in [1.807, 2.05) is 19.9 Å². The molecule has 0 radical (unpaired) electrons. The lowest BCUT2D eigenvalue weighted by molar-refractivity contribution is -0.139. The summed E-state index contributed by atoms with van der Waals surface area (Å²) in [6.45, 7) is 3.69. The van der Waals surface area contributed by atoms with Gasteiger partial charge in [-0.25, -0.2) is 14.3 Å². The molecule has 1 amide bonds. The maximum absolute atomic E-state index is 12.6. The molecular weight excluding hydrogens is 350 g/mol. The van der Waals surface area contributed by atoms with Gasteiger partial charge in [0.25, 0.3) is 11.7 Å². The largest absolute Gasteiger partial charge is 0.482 e. The second-order valence-corrected chi connectivity index (χ2v) is 6.17. The first-order valence-corrected chi connectivity index (χ1v) is 8.23. The summed E-state index contributed by atoms with van der Waals surface area (Å²) >= 11 is 0. The molecule has 0 aliphatic carbocycles. The number of carbonyl (C=O) groups excluding carboxylic acids is 1. The maximum Gasteiger partial charge on any atom is 0.341 e. The Hall–Kier alpha value is -3.49. The van der Waals surface area contributed by atoms with Crippen molar-refractivity contribution < 1.29 is 19.4 Å². The summed E-state index contributed by atoms with van der Waals surface area (Å²) in [6, 6.07) is 8.74. The van der Waals surface area contributed by atoms with Crippen molar-refractivity contribution in [3.63, 3.8) is 0 Å². The fourth-order valence-electron chi connectivity index (χ4n) is 2.61. The quantitative estimate of drug-likeness (QED) is 0.701. The first-order chi connectivity index (χ1) is 12.8. The van der Waals surface area contributed by atoms with Crippen LogP contribution in [0.15, 0.2) is 30.3 Å². The predicted octanol–water partition coefficient (Wildman–Crippen LogP) is 1.48. The van der Waals surface area contributed by atoms with Crippen LogP contribution in [0, 0.1) is 13.8 Å². The predicted molar refractivity (Wildman–Crippen MR) is 95.6 cm³/mol. The van der Waals surface area contributed by atoms with E-state index in [-0.39, 0.29) is 11.7 Å². The molecule has 0 saturated heterocycles. The summed E-state index contributed by atoms with van der Waals surface area (Å²) in [7, 11) is 1.66. The number of ether oxygens (including phenoxy) is 1. The molecule has 9 nitrogen and oxygen atoms in total. The standard InChI is InChI=1S/C18H19N5O4/c1-11-8-12(2)23-18(19-11)20-16(21-23)17(26)22(3)9-13-4-6-14(7-5-13)27-10-15(24)25/h4-8H,9-10H2,1-3H3,(H,24,25). The molecular formula is C18H19N5O4. The van der Waals surface area contributed by atoms with E-state index in [2.05, 4.69) is 15.1 Å². The van der Waals surface area contributed by atoms with Gasteiger partial charge in [-0.2, -0.15) is 4.98 Å². The molecule has 140 valence electrons. The molecule has 0 spiro atoms. The van der Waals surface area contributed by atoms with E-state index in [9.17, 15) is 9.59 Å². The fourth-order valence-corrected chi connectivity index (χ4v) is 2.61. The molecule has 27 heavy (non-hydrogen) atoms. The van der Waals surface area contributed by atoms with Gasteiger partial charge in [-0.05, 0) is 37.6 Å². The number of benzene rings is 1. The second kappa shape index (κ2) is 7.40. The third-order valence-electron chi connectivity index (χ3n) is 3.86. The molecule has 0 bridgehead atoms. The van der Waals surface area contributed by atoms with Gasteiger partial charge in [0.2, 0.25) is 5.82 Å². The molecule has 0 aliphatic rings. The van der Waals surface area contributed by atoms with Crippen LogP contribution in [0.4, 0.5) is 0 Å². The zero-order valence-corrected chi connectivity index (χ0v) is 15.2.